The minimum absolute atomic E-state index is 0.239. The third-order valence-electron chi connectivity index (χ3n) is 2.63. The second-order valence-corrected chi connectivity index (χ2v) is 5.04. The van der Waals surface area contributed by atoms with Crippen LogP contribution in [0.4, 0.5) is 10.1 Å². The Kier molecular flexibility index (Phi) is 3.00. The van der Waals surface area contributed by atoms with Gasteiger partial charge in [-0.1, -0.05) is 11.2 Å². The molecule has 0 fully saturated rings. The van der Waals surface area contributed by atoms with Crippen LogP contribution >= 0.6 is 11.3 Å². The van der Waals surface area contributed by atoms with Gasteiger partial charge in [0.1, 0.15) is 5.82 Å². The van der Waals surface area contributed by atoms with E-state index in [0.29, 0.717) is 23.5 Å². The molecule has 2 aromatic heterocycles. The summed E-state index contributed by atoms with van der Waals surface area (Å²) in [5.74, 6) is 0.409. The highest BCUT2D eigenvalue weighted by molar-refractivity contribution is 7.09. The lowest BCUT2D eigenvalue weighted by atomic mass is 10.2. The Morgan fingerprint density at radius 2 is 2.21 bits per heavy atom. The van der Waals surface area contributed by atoms with Crippen molar-refractivity contribution < 1.29 is 8.91 Å². The van der Waals surface area contributed by atoms with Crippen LogP contribution in [-0.2, 0) is 6.42 Å². The van der Waals surface area contributed by atoms with E-state index in [1.54, 1.807) is 11.3 Å². The molecule has 0 saturated heterocycles. The molecule has 0 aliphatic heterocycles. The molecule has 0 atom stereocenters. The highest BCUT2D eigenvalue weighted by Crippen LogP contribution is 2.25. The van der Waals surface area contributed by atoms with Gasteiger partial charge in [-0.2, -0.15) is 4.98 Å². The standard InChI is InChI=1S/C13H10FN3OS/c14-8-3-4-11(15)10(6-8)13-16-12(17-18-13)7-9-2-1-5-19-9/h1-6H,7,15H2. The number of hydrogen-bond acceptors (Lipinski definition) is 5. The topological polar surface area (TPSA) is 64.9 Å². The van der Waals surface area contributed by atoms with Gasteiger partial charge in [0.15, 0.2) is 5.82 Å². The lowest BCUT2D eigenvalue weighted by molar-refractivity contribution is 0.424. The van der Waals surface area contributed by atoms with Crippen molar-refractivity contribution in [3.8, 4) is 11.5 Å². The third kappa shape index (κ3) is 2.48. The Bertz CT molecular complexity index is 694. The van der Waals surface area contributed by atoms with E-state index in [1.807, 2.05) is 17.5 Å². The Morgan fingerprint density at radius 1 is 1.32 bits per heavy atom. The molecule has 6 heteroatoms. The number of thiophene rings is 1. The Morgan fingerprint density at radius 3 is 3.00 bits per heavy atom. The van der Waals surface area contributed by atoms with Crippen LogP contribution in [0.5, 0.6) is 0 Å². The van der Waals surface area contributed by atoms with Gasteiger partial charge >= 0.3 is 0 Å². The molecule has 0 radical (unpaired) electrons. The summed E-state index contributed by atoms with van der Waals surface area (Å²) in [6, 6.07) is 8.02. The van der Waals surface area contributed by atoms with E-state index in [0.717, 1.165) is 4.88 Å². The van der Waals surface area contributed by atoms with Gasteiger partial charge in [-0.15, -0.1) is 11.3 Å². The predicted molar refractivity (Wildman–Crippen MR) is 71.2 cm³/mol. The molecule has 3 aromatic rings. The zero-order chi connectivity index (χ0) is 13.2. The fourth-order valence-electron chi connectivity index (χ4n) is 1.72. The van der Waals surface area contributed by atoms with Gasteiger partial charge < -0.3 is 10.3 Å². The molecule has 0 aliphatic carbocycles. The highest BCUT2D eigenvalue weighted by atomic mass is 32.1. The summed E-state index contributed by atoms with van der Waals surface area (Å²) in [5.41, 5.74) is 6.61. The third-order valence-corrected chi connectivity index (χ3v) is 3.50. The Balaban J connectivity index is 1.90. The molecule has 0 bridgehead atoms. The van der Waals surface area contributed by atoms with Crippen molar-refractivity contribution >= 4 is 17.0 Å². The van der Waals surface area contributed by atoms with E-state index in [-0.39, 0.29) is 11.7 Å². The van der Waals surface area contributed by atoms with Crippen LogP contribution in [-0.4, -0.2) is 10.1 Å². The summed E-state index contributed by atoms with van der Waals surface area (Å²) < 4.78 is 18.3. The number of anilines is 1. The number of aromatic nitrogens is 2. The molecule has 2 N–H and O–H groups in total. The van der Waals surface area contributed by atoms with E-state index in [2.05, 4.69) is 10.1 Å². The molecular formula is C13H10FN3OS. The lowest BCUT2D eigenvalue weighted by Crippen LogP contribution is -1.92. The zero-order valence-corrected chi connectivity index (χ0v) is 10.7. The van der Waals surface area contributed by atoms with Crippen LogP contribution in [0.1, 0.15) is 10.7 Å². The summed E-state index contributed by atoms with van der Waals surface area (Å²) in [6.07, 6.45) is 0.594. The SMILES string of the molecule is Nc1ccc(F)cc1-c1nc(Cc2cccs2)no1. The molecule has 19 heavy (non-hydrogen) atoms. The number of nitrogens with two attached hydrogens (primary N) is 1. The van der Waals surface area contributed by atoms with Gasteiger partial charge in [0.2, 0.25) is 0 Å². The first kappa shape index (κ1) is 11.9. The van der Waals surface area contributed by atoms with E-state index in [9.17, 15) is 4.39 Å². The van der Waals surface area contributed by atoms with Crippen LogP contribution in [0.15, 0.2) is 40.2 Å². The normalized spacial score (nSPS) is 10.8. The minimum atomic E-state index is -0.387. The van der Waals surface area contributed by atoms with Gasteiger partial charge in [0.05, 0.1) is 5.56 Å². The molecule has 0 spiro atoms. The van der Waals surface area contributed by atoms with E-state index in [4.69, 9.17) is 10.3 Å². The van der Waals surface area contributed by atoms with Crippen molar-refractivity contribution in [2.45, 2.75) is 6.42 Å². The fraction of sp³-hybridized carbons (Fsp3) is 0.0769. The van der Waals surface area contributed by atoms with E-state index < -0.39 is 0 Å². The van der Waals surface area contributed by atoms with Crippen molar-refractivity contribution in [3.05, 3.63) is 52.2 Å². The first-order valence-electron chi connectivity index (χ1n) is 5.63. The first-order chi connectivity index (χ1) is 9.22. The molecule has 0 unspecified atom stereocenters. The van der Waals surface area contributed by atoms with Crippen LogP contribution in [0.2, 0.25) is 0 Å². The van der Waals surface area contributed by atoms with Crippen LogP contribution < -0.4 is 5.73 Å². The molecule has 0 saturated carbocycles. The van der Waals surface area contributed by atoms with Crippen molar-refractivity contribution in [3.63, 3.8) is 0 Å². The number of nitrogen functional groups attached to an aromatic ring is 1. The number of hydrogen-bond donors (Lipinski definition) is 1. The monoisotopic (exact) mass is 275 g/mol. The maximum Gasteiger partial charge on any atom is 0.260 e. The highest BCUT2D eigenvalue weighted by Gasteiger charge is 2.13. The van der Waals surface area contributed by atoms with E-state index >= 15 is 0 Å². The lowest BCUT2D eigenvalue weighted by Gasteiger charge is -1.99. The van der Waals surface area contributed by atoms with Gasteiger partial charge in [0.25, 0.3) is 5.89 Å². The Labute approximate surface area is 112 Å². The smallest absolute Gasteiger partial charge is 0.260 e. The maximum absolute atomic E-state index is 13.2. The van der Waals surface area contributed by atoms with Crippen molar-refractivity contribution in [2.24, 2.45) is 0 Å². The second kappa shape index (κ2) is 4.81. The molecule has 0 amide bonds. The molecule has 4 nitrogen and oxygen atoms in total. The van der Waals surface area contributed by atoms with Crippen molar-refractivity contribution in [1.29, 1.82) is 0 Å². The summed E-state index contributed by atoms with van der Waals surface area (Å²) in [4.78, 5) is 5.38. The van der Waals surface area contributed by atoms with Gasteiger partial charge in [-0.25, -0.2) is 4.39 Å². The minimum Gasteiger partial charge on any atom is -0.398 e. The summed E-state index contributed by atoms with van der Waals surface area (Å²) >= 11 is 1.62. The van der Waals surface area contributed by atoms with Gasteiger partial charge in [-0.3, -0.25) is 0 Å². The number of benzene rings is 1. The summed E-state index contributed by atoms with van der Waals surface area (Å²) in [5, 5.41) is 5.87. The second-order valence-electron chi connectivity index (χ2n) is 4.00. The van der Waals surface area contributed by atoms with Crippen LogP contribution in [0, 0.1) is 5.82 Å². The number of halogens is 1. The zero-order valence-electron chi connectivity index (χ0n) is 9.84. The maximum atomic E-state index is 13.2. The predicted octanol–water partition coefficient (Wildman–Crippen LogP) is 3.11. The van der Waals surface area contributed by atoms with Crippen molar-refractivity contribution in [2.75, 3.05) is 5.73 Å². The van der Waals surface area contributed by atoms with Gasteiger partial charge in [-0.05, 0) is 29.6 Å². The summed E-state index contributed by atoms with van der Waals surface area (Å²) in [6.45, 7) is 0. The molecule has 96 valence electrons. The number of nitrogens with zero attached hydrogens (tertiary/aromatic N) is 2. The quantitative estimate of drug-likeness (QED) is 0.746. The molecule has 3 rings (SSSR count). The summed E-state index contributed by atoms with van der Waals surface area (Å²) in [7, 11) is 0. The first-order valence-corrected chi connectivity index (χ1v) is 6.51. The fourth-order valence-corrected chi connectivity index (χ4v) is 2.42. The van der Waals surface area contributed by atoms with Gasteiger partial charge in [0, 0.05) is 17.0 Å². The molecule has 0 aliphatic rings. The van der Waals surface area contributed by atoms with E-state index in [1.165, 1.54) is 18.2 Å². The largest absolute Gasteiger partial charge is 0.398 e. The van der Waals surface area contributed by atoms with Crippen LogP contribution in [0.3, 0.4) is 0 Å². The number of rotatable bonds is 3. The van der Waals surface area contributed by atoms with Crippen LogP contribution in [0.25, 0.3) is 11.5 Å². The average molecular weight is 275 g/mol. The molecule has 1 aromatic carbocycles. The molecular weight excluding hydrogens is 265 g/mol. The Hall–Kier alpha value is -2.21. The molecule has 2 heterocycles. The average Bonchev–Trinajstić information content (AvgIpc) is 3.04. The van der Waals surface area contributed by atoms with Crippen molar-refractivity contribution in [1.82, 2.24) is 10.1 Å².